The molecule has 3 aromatic rings. The van der Waals surface area contributed by atoms with Gasteiger partial charge in [-0.1, -0.05) is 12.1 Å². The van der Waals surface area contributed by atoms with Crippen molar-refractivity contribution in [2.45, 2.75) is 26.3 Å². The third-order valence-corrected chi connectivity index (χ3v) is 6.38. The van der Waals surface area contributed by atoms with Crippen molar-refractivity contribution in [3.05, 3.63) is 64.7 Å². The highest BCUT2D eigenvalue weighted by Crippen LogP contribution is 2.36. The van der Waals surface area contributed by atoms with Gasteiger partial charge in [-0.3, -0.25) is 14.5 Å². The van der Waals surface area contributed by atoms with Gasteiger partial charge >= 0.3 is 12.0 Å². The quantitative estimate of drug-likeness (QED) is 0.374. The van der Waals surface area contributed by atoms with E-state index in [1.807, 2.05) is 0 Å². The van der Waals surface area contributed by atoms with Gasteiger partial charge in [0, 0.05) is 10.9 Å². The molecule has 1 saturated heterocycles. The highest BCUT2D eigenvalue weighted by atomic mass is 32.1. The second-order valence-electron chi connectivity index (χ2n) is 7.99. The summed E-state index contributed by atoms with van der Waals surface area (Å²) in [4.78, 5) is 51.8. The van der Waals surface area contributed by atoms with Crippen LogP contribution in [0.4, 0.5) is 14.2 Å². The first-order chi connectivity index (χ1) is 16.6. The van der Waals surface area contributed by atoms with Crippen molar-refractivity contribution in [3.8, 4) is 11.1 Å². The lowest BCUT2D eigenvalue weighted by molar-refractivity contribution is -0.134. The number of rotatable bonds is 7. The molecule has 3 heterocycles. The number of nitrogens with zero attached hydrogens (tertiary/aromatic N) is 1. The molecular formula is C24H22FN3O6S. The summed E-state index contributed by atoms with van der Waals surface area (Å²) in [6, 6.07) is 8.05. The molecule has 35 heavy (non-hydrogen) atoms. The summed E-state index contributed by atoms with van der Waals surface area (Å²) in [5, 5.41) is 6.99. The number of hydrogen-bond acceptors (Lipinski definition) is 7. The number of carbonyl (C=O) groups is 4. The van der Waals surface area contributed by atoms with E-state index in [2.05, 4.69) is 10.6 Å². The van der Waals surface area contributed by atoms with E-state index < -0.39 is 41.7 Å². The van der Waals surface area contributed by atoms with Crippen LogP contribution in [0.2, 0.25) is 0 Å². The number of ether oxygens (including phenoxy) is 1. The first-order valence-electron chi connectivity index (χ1n) is 10.7. The Kier molecular flexibility index (Phi) is 6.44. The Hall–Kier alpha value is -3.99. The van der Waals surface area contributed by atoms with Crippen molar-refractivity contribution in [2.75, 3.05) is 18.5 Å². The highest BCUT2D eigenvalue weighted by molar-refractivity contribution is 7.15. The van der Waals surface area contributed by atoms with Crippen molar-refractivity contribution < 1.29 is 32.7 Å². The van der Waals surface area contributed by atoms with E-state index in [9.17, 15) is 23.6 Å². The third kappa shape index (κ3) is 4.54. The van der Waals surface area contributed by atoms with Gasteiger partial charge in [0.2, 0.25) is 5.91 Å². The number of thiophene rings is 1. The largest absolute Gasteiger partial charge is 0.463 e. The van der Waals surface area contributed by atoms with Crippen LogP contribution in [0.1, 0.15) is 35.7 Å². The van der Waals surface area contributed by atoms with E-state index in [4.69, 9.17) is 9.15 Å². The summed E-state index contributed by atoms with van der Waals surface area (Å²) in [5.41, 5.74) is -0.324. The average Bonchev–Trinajstić information content (AvgIpc) is 3.49. The van der Waals surface area contributed by atoms with E-state index in [0.29, 0.717) is 16.9 Å². The van der Waals surface area contributed by atoms with Crippen molar-refractivity contribution in [3.63, 3.8) is 0 Å². The van der Waals surface area contributed by atoms with Crippen LogP contribution in [-0.2, 0) is 19.9 Å². The molecule has 0 bridgehead atoms. The van der Waals surface area contributed by atoms with E-state index in [1.54, 1.807) is 31.4 Å². The fourth-order valence-electron chi connectivity index (χ4n) is 3.72. The molecule has 2 aromatic heterocycles. The molecule has 9 nitrogen and oxygen atoms in total. The van der Waals surface area contributed by atoms with Gasteiger partial charge in [0.05, 0.1) is 6.61 Å². The molecule has 11 heteroatoms. The number of hydrogen-bond donors (Lipinski definition) is 2. The molecule has 1 aliphatic rings. The van der Waals surface area contributed by atoms with Gasteiger partial charge in [-0.2, -0.15) is 0 Å². The molecule has 1 aromatic carbocycles. The van der Waals surface area contributed by atoms with Crippen LogP contribution in [0.3, 0.4) is 0 Å². The number of urea groups is 1. The first-order valence-corrected chi connectivity index (χ1v) is 11.6. The second-order valence-corrected chi connectivity index (χ2v) is 8.87. The lowest BCUT2D eigenvalue weighted by Crippen LogP contribution is -2.41. The summed E-state index contributed by atoms with van der Waals surface area (Å²) in [7, 11) is 0. The predicted molar refractivity (Wildman–Crippen MR) is 125 cm³/mol. The van der Waals surface area contributed by atoms with Crippen LogP contribution in [0.25, 0.3) is 11.1 Å². The zero-order valence-electron chi connectivity index (χ0n) is 19.1. The monoisotopic (exact) mass is 499 g/mol. The van der Waals surface area contributed by atoms with Crippen molar-refractivity contribution in [1.82, 2.24) is 10.2 Å². The lowest BCUT2D eigenvalue weighted by atomic mass is 9.99. The number of furan rings is 1. The summed E-state index contributed by atoms with van der Waals surface area (Å²) >= 11 is 1.07. The van der Waals surface area contributed by atoms with Gasteiger partial charge in [0.15, 0.2) is 5.54 Å². The molecule has 4 rings (SSSR count). The maximum Gasteiger partial charge on any atom is 0.341 e. The topological polar surface area (TPSA) is 118 Å². The lowest BCUT2D eigenvalue weighted by Gasteiger charge is -2.19. The smallest absolute Gasteiger partial charge is 0.341 e. The van der Waals surface area contributed by atoms with Crippen LogP contribution in [0.15, 0.2) is 46.2 Å². The number of aryl methyl sites for hydroxylation is 1. The Balaban J connectivity index is 1.56. The minimum absolute atomic E-state index is 0.102. The molecule has 0 radical (unpaired) electrons. The summed E-state index contributed by atoms with van der Waals surface area (Å²) in [6.45, 7) is 4.39. The second kappa shape index (κ2) is 9.34. The van der Waals surface area contributed by atoms with Crippen LogP contribution in [0.5, 0.6) is 0 Å². The fraction of sp³-hybridized carbons (Fsp3) is 0.250. The summed E-state index contributed by atoms with van der Waals surface area (Å²) in [6.07, 6.45) is 0. The van der Waals surface area contributed by atoms with Crippen LogP contribution in [0, 0.1) is 12.7 Å². The van der Waals surface area contributed by atoms with E-state index in [1.165, 1.54) is 31.2 Å². The highest BCUT2D eigenvalue weighted by Gasteiger charge is 2.51. The van der Waals surface area contributed by atoms with Crippen LogP contribution < -0.4 is 10.6 Å². The normalized spacial score (nSPS) is 17.4. The Morgan fingerprint density at radius 3 is 2.54 bits per heavy atom. The molecular weight excluding hydrogens is 477 g/mol. The summed E-state index contributed by atoms with van der Waals surface area (Å²) < 4.78 is 24.0. The Bertz CT molecular complexity index is 1320. The molecule has 0 spiro atoms. The van der Waals surface area contributed by atoms with Crippen molar-refractivity contribution in [2.24, 2.45) is 0 Å². The standard InChI is InChI=1S/C24H22FN3O6S/c1-4-33-21(30)19-16(14-6-8-15(25)9-7-14)12-35-20(19)26-18(29)11-28-22(31)24(3,27-23(28)32)17-10-5-13(2)34-17/h5-10,12H,4,11H2,1-3H3,(H,26,29)(H,27,32). The maximum absolute atomic E-state index is 13.4. The molecule has 1 atom stereocenters. The number of carbonyl (C=O) groups excluding carboxylic acids is 4. The number of esters is 1. The predicted octanol–water partition coefficient (Wildman–Crippen LogP) is 4.04. The molecule has 0 saturated carbocycles. The Morgan fingerprint density at radius 1 is 1.20 bits per heavy atom. The zero-order valence-corrected chi connectivity index (χ0v) is 20.0. The van der Waals surface area contributed by atoms with Crippen molar-refractivity contribution in [1.29, 1.82) is 0 Å². The van der Waals surface area contributed by atoms with Gasteiger partial charge in [0.25, 0.3) is 5.91 Å². The van der Waals surface area contributed by atoms with Crippen LogP contribution in [-0.4, -0.2) is 41.9 Å². The number of halogens is 1. The number of amides is 4. The number of nitrogens with one attached hydrogen (secondary N) is 2. The Morgan fingerprint density at radius 2 is 1.91 bits per heavy atom. The van der Waals surface area contributed by atoms with Gasteiger partial charge < -0.3 is 19.8 Å². The maximum atomic E-state index is 13.4. The summed E-state index contributed by atoms with van der Waals surface area (Å²) in [5.74, 6) is -1.61. The SMILES string of the molecule is CCOC(=O)c1c(-c2ccc(F)cc2)csc1NC(=O)CN1C(=O)NC(C)(c2ccc(C)o2)C1=O. The zero-order chi connectivity index (χ0) is 25.3. The molecule has 2 N–H and O–H groups in total. The molecule has 1 aliphatic heterocycles. The average molecular weight is 500 g/mol. The number of benzene rings is 1. The van der Waals surface area contributed by atoms with Gasteiger partial charge in [-0.05, 0) is 50.6 Å². The first kappa shape index (κ1) is 24.1. The van der Waals surface area contributed by atoms with Crippen LogP contribution >= 0.6 is 11.3 Å². The van der Waals surface area contributed by atoms with E-state index in [0.717, 1.165) is 16.2 Å². The third-order valence-electron chi connectivity index (χ3n) is 5.49. The molecule has 1 unspecified atom stereocenters. The van der Waals surface area contributed by atoms with Gasteiger partial charge in [-0.25, -0.2) is 14.0 Å². The minimum atomic E-state index is -1.44. The fourth-order valence-corrected chi connectivity index (χ4v) is 4.69. The van der Waals surface area contributed by atoms with Crippen molar-refractivity contribution >= 4 is 40.2 Å². The number of imide groups is 1. The molecule has 4 amide bonds. The minimum Gasteiger partial charge on any atom is -0.463 e. The molecule has 0 aliphatic carbocycles. The molecule has 182 valence electrons. The number of anilines is 1. The van der Waals surface area contributed by atoms with Gasteiger partial charge in [0.1, 0.15) is 34.4 Å². The Labute approximate surface area is 203 Å². The molecule has 1 fully saturated rings. The van der Waals surface area contributed by atoms with Gasteiger partial charge in [-0.15, -0.1) is 11.3 Å². The van der Waals surface area contributed by atoms with E-state index in [-0.39, 0.29) is 22.9 Å². The van der Waals surface area contributed by atoms with E-state index >= 15 is 0 Å².